The molecule has 0 spiro atoms. The Morgan fingerprint density at radius 3 is 2.63 bits per heavy atom. The Balaban J connectivity index is 2.42. The number of hydrogen-bond donors (Lipinski definition) is 0. The Kier molecular flexibility index (Phi) is 4.34. The minimum Gasteiger partial charge on any atom is -0.376 e. The maximum absolute atomic E-state index is 11.8. The highest BCUT2D eigenvalue weighted by molar-refractivity contribution is 5.65. The lowest BCUT2D eigenvalue weighted by atomic mass is 9.98. The molecule has 1 fully saturated rings. The van der Waals surface area contributed by atoms with Crippen LogP contribution in [0.5, 0.6) is 0 Å². The van der Waals surface area contributed by atoms with Gasteiger partial charge in [-0.1, -0.05) is 30.3 Å². The minimum atomic E-state index is -1.03. The molecule has 4 nitrogen and oxygen atoms in total. The lowest BCUT2D eigenvalue weighted by Crippen LogP contribution is -2.60. The van der Waals surface area contributed by atoms with E-state index in [-0.39, 0.29) is 12.1 Å². The SMILES string of the molecule is CO[C@@](C=O)(c1ccccc1)N1CCO[C@H](C)[C@@H]1C. The van der Waals surface area contributed by atoms with Crippen LogP contribution in [0.1, 0.15) is 19.4 Å². The van der Waals surface area contributed by atoms with Crippen LogP contribution in [-0.4, -0.2) is 43.6 Å². The number of carbonyl (C=O) groups is 1. The van der Waals surface area contributed by atoms with Gasteiger partial charge in [-0.3, -0.25) is 9.69 Å². The summed E-state index contributed by atoms with van der Waals surface area (Å²) in [6.07, 6.45) is 0.962. The Morgan fingerprint density at radius 1 is 1.37 bits per heavy atom. The molecule has 0 amide bonds. The highest BCUT2D eigenvalue weighted by Crippen LogP contribution is 2.32. The highest BCUT2D eigenvalue weighted by Gasteiger charge is 2.44. The Labute approximate surface area is 114 Å². The molecule has 0 radical (unpaired) electrons. The predicted molar refractivity (Wildman–Crippen MR) is 72.8 cm³/mol. The molecule has 104 valence electrons. The Bertz CT molecular complexity index is 423. The molecule has 1 aromatic rings. The third-order valence-electron chi connectivity index (χ3n) is 3.97. The summed E-state index contributed by atoms with van der Waals surface area (Å²) in [6.45, 7) is 5.36. The summed E-state index contributed by atoms with van der Waals surface area (Å²) in [5.41, 5.74) is -0.174. The van der Waals surface area contributed by atoms with Crippen LogP contribution in [-0.2, 0) is 20.0 Å². The number of rotatable bonds is 4. The van der Waals surface area contributed by atoms with Crippen molar-refractivity contribution >= 4 is 6.29 Å². The van der Waals surface area contributed by atoms with Gasteiger partial charge in [0.15, 0.2) is 6.29 Å². The van der Waals surface area contributed by atoms with Crippen LogP contribution >= 0.6 is 0 Å². The fraction of sp³-hybridized carbons (Fsp3) is 0.533. The lowest BCUT2D eigenvalue weighted by molar-refractivity contribution is -0.195. The van der Waals surface area contributed by atoms with E-state index in [1.807, 2.05) is 37.3 Å². The molecule has 3 atom stereocenters. The first-order valence-corrected chi connectivity index (χ1v) is 6.61. The fourth-order valence-electron chi connectivity index (χ4n) is 2.66. The van der Waals surface area contributed by atoms with Gasteiger partial charge in [0.25, 0.3) is 0 Å². The van der Waals surface area contributed by atoms with Crippen LogP contribution in [0.3, 0.4) is 0 Å². The summed E-state index contributed by atoms with van der Waals surface area (Å²) in [6, 6.07) is 9.72. The van der Waals surface area contributed by atoms with Crippen LogP contribution in [0, 0.1) is 0 Å². The molecule has 0 saturated carbocycles. The van der Waals surface area contributed by atoms with Crippen molar-refractivity contribution in [1.82, 2.24) is 4.90 Å². The molecule has 0 aromatic heterocycles. The number of carbonyl (C=O) groups excluding carboxylic acids is 1. The van der Waals surface area contributed by atoms with E-state index in [9.17, 15) is 4.79 Å². The van der Waals surface area contributed by atoms with Crippen LogP contribution in [0.4, 0.5) is 0 Å². The van der Waals surface area contributed by atoms with Gasteiger partial charge in [0.1, 0.15) is 0 Å². The molecule has 1 aliphatic heterocycles. The smallest absolute Gasteiger partial charge is 0.204 e. The number of nitrogens with zero attached hydrogens (tertiary/aromatic N) is 1. The van der Waals surface area contributed by atoms with E-state index in [1.165, 1.54) is 0 Å². The molecule has 1 aliphatic rings. The molecule has 2 rings (SSSR count). The van der Waals surface area contributed by atoms with Gasteiger partial charge in [0.2, 0.25) is 5.72 Å². The average Bonchev–Trinajstić information content (AvgIpc) is 2.46. The van der Waals surface area contributed by atoms with Crippen LogP contribution < -0.4 is 0 Å². The van der Waals surface area contributed by atoms with Gasteiger partial charge in [-0.05, 0) is 13.8 Å². The number of benzene rings is 1. The van der Waals surface area contributed by atoms with E-state index >= 15 is 0 Å². The molecule has 0 aliphatic carbocycles. The van der Waals surface area contributed by atoms with Crippen molar-refractivity contribution in [3.8, 4) is 0 Å². The van der Waals surface area contributed by atoms with Crippen molar-refractivity contribution in [2.24, 2.45) is 0 Å². The standard InChI is InChI=1S/C15H21NO3/c1-12-13(2)19-10-9-16(12)15(11-17,18-3)14-7-5-4-6-8-14/h4-8,11-13H,9-10H2,1-3H3/t12-,13+,15-/m0/s1. The van der Waals surface area contributed by atoms with Gasteiger partial charge in [0.05, 0.1) is 12.7 Å². The Hall–Kier alpha value is -1.23. The second-order valence-electron chi connectivity index (χ2n) is 4.89. The second kappa shape index (κ2) is 5.82. The predicted octanol–water partition coefficient (Wildman–Crippen LogP) is 1.79. The van der Waals surface area contributed by atoms with Crippen molar-refractivity contribution < 1.29 is 14.3 Å². The van der Waals surface area contributed by atoms with E-state index in [2.05, 4.69) is 11.8 Å². The summed E-state index contributed by atoms with van der Waals surface area (Å²) in [7, 11) is 1.58. The zero-order chi connectivity index (χ0) is 13.9. The van der Waals surface area contributed by atoms with E-state index in [0.717, 1.165) is 11.8 Å². The van der Waals surface area contributed by atoms with Gasteiger partial charge >= 0.3 is 0 Å². The summed E-state index contributed by atoms with van der Waals surface area (Å²) in [5.74, 6) is 0. The fourth-order valence-corrected chi connectivity index (χ4v) is 2.66. The van der Waals surface area contributed by atoms with E-state index in [4.69, 9.17) is 9.47 Å². The Morgan fingerprint density at radius 2 is 2.05 bits per heavy atom. The summed E-state index contributed by atoms with van der Waals surface area (Å²) >= 11 is 0. The lowest BCUT2D eigenvalue weighted by Gasteiger charge is -2.47. The molecule has 19 heavy (non-hydrogen) atoms. The average molecular weight is 263 g/mol. The normalized spacial score (nSPS) is 27.7. The molecule has 1 heterocycles. The van der Waals surface area contributed by atoms with E-state index in [1.54, 1.807) is 7.11 Å². The van der Waals surface area contributed by atoms with Gasteiger partial charge in [-0.25, -0.2) is 0 Å². The molecule has 4 heteroatoms. The summed E-state index contributed by atoms with van der Waals surface area (Å²) in [4.78, 5) is 13.9. The van der Waals surface area contributed by atoms with Gasteiger partial charge < -0.3 is 9.47 Å². The zero-order valence-corrected chi connectivity index (χ0v) is 11.7. The van der Waals surface area contributed by atoms with Crippen LogP contribution in [0.2, 0.25) is 0 Å². The third-order valence-corrected chi connectivity index (χ3v) is 3.97. The molecule has 0 bridgehead atoms. The molecule has 0 N–H and O–H groups in total. The summed E-state index contributed by atoms with van der Waals surface area (Å²) in [5, 5.41) is 0. The first-order chi connectivity index (χ1) is 9.15. The third kappa shape index (κ3) is 2.43. The van der Waals surface area contributed by atoms with Crippen LogP contribution in [0.25, 0.3) is 0 Å². The second-order valence-corrected chi connectivity index (χ2v) is 4.89. The minimum absolute atomic E-state index is 0.0759. The highest BCUT2D eigenvalue weighted by atomic mass is 16.5. The molecular weight excluding hydrogens is 242 g/mol. The maximum atomic E-state index is 11.8. The molecule has 1 saturated heterocycles. The van der Waals surface area contributed by atoms with Gasteiger partial charge in [0, 0.05) is 25.3 Å². The topological polar surface area (TPSA) is 38.8 Å². The van der Waals surface area contributed by atoms with E-state index < -0.39 is 5.72 Å². The first kappa shape index (κ1) is 14.2. The zero-order valence-electron chi connectivity index (χ0n) is 11.7. The van der Waals surface area contributed by atoms with Crippen molar-refractivity contribution in [3.05, 3.63) is 35.9 Å². The van der Waals surface area contributed by atoms with Crippen LogP contribution in [0.15, 0.2) is 30.3 Å². The first-order valence-electron chi connectivity index (χ1n) is 6.61. The molecule has 0 unspecified atom stereocenters. The monoisotopic (exact) mass is 263 g/mol. The number of hydrogen-bond acceptors (Lipinski definition) is 4. The maximum Gasteiger partial charge on any atom is 0.204 e. The quantitative estimate of drug-likeness (QED) is 0.776. The number of aldehydes is 1. The van der Waals surface area contributed by atoms with Gasteiger partial charge in [-0.2, -0.15) is 0 Å². The van der Waals surface area contributed by atoms with Crippen molar-refractivity contribution in [2.45, 2.75) is 31.7 Å². The largest absolute Gasteiger partial charge is 0.376 e. The van der Waals surface area contributed by atoms with Crippen molar-refractivity contribution in [3.63, 3.8) is 0 Å². The molecular formula is C15H21NO3. The van der Waals surface area contributed by atoms with Gasteiger partial charge in [-0.15, -0.1) is 0 Å². The van der Waals surface area contributed by atoms with Crippen molar-refractivity contribution in [1.29, 1.82) is 0 Å². The molecule has 1 aromatic carbocycles. The van der Waals surface area contributed by atoms with Crippen molar-refractivity contribution in [2.75, 3.05) is 20.3 Å². The number of methoxy groups -OCH3 is 1. The summed E-state index contributed by atoms with van der Waals surface area (Å²) < 4.78 is 11.3. The number of ether oxygens (including phenoxy) is 2. The van der Waals surface area contributed by atoms with E-state index in [0.29, 0.717) is 13.2 Å². The number of morpholine rings is 1.